The quantitative estimate of drug-likeness (QED) is 0.789. The van der Waals surface area contributed by atoms with Gasteiger partial charge in [0.25, 0.3) is 0 Å². The largest absolute Gasteiger partial charge is 0.328 e. The summed E-state index contributed by atoms with van der Waals surface area (Å²) in [5.41, 5.74) is 6.99. The molecular weight excluding hydrogens is 180 g/mol. The number of thiazole rings is 1. The van der Waals surface area contributed by atoms with Gasteiger partial charge in [0, 0.05) is 17.3 Å². The van der Waals surface area contributed by atoms with Crippen molar-refractivity contribution in [1.29, 1.82) is 0 Å². The fraction of sp³-hybridized carbons (Fsp3) is 0.700. The van der Waals surface area contributed by atoms with E-state index in [1.807, 2.05) is 0 Å². The summed E-state index contributed by atoms with van der Waals surface area (Å²) in [7, 11) is 0. The zero-order valence-corrected chi connectivity index (χ0v) is 8.97. The van der Waals surface area contributed by atoms with E-state index in [0.717, 1.165) is 12.8 Å². The molecule has 2 rings (SSSR count). The van der Waals surface area contributed by atoms with Crippen molar-refractivity contribution in [3.05, 3.63) is 16.1 Å². The molecule has 2 N–H and O–H groups in total. The molecule has 1 aromatic rings. The highest BCUT2D eigenvalue weighted by molar-refractivity contribution is 7.09. The summed E-state index contributed by atoms with van der Waals surface area (Å²) in [5.74, 6) is 1.21. The van der Waals surface area contributed by atoms with Gasteiger partial charge in [-0.05, 0) is 18.8 Å². The second-order valence-electron chi connectivity index (χ2n) is 4.19. The lowest BCUT2D eigenvalue weighted by molar-refractivity contribution is 0.350. The van der Waals surface area contributed by atoms with Crippen molar-refractivity contribution in [2.75, 3.05) is 0 Å². The van der Waals surface area contributed by atoms with Gasteiger partial charge < -0.3 is 5.73 Å². The number of nitrogens with zero attached hydrogens (tertiary/aromatic N) is 1. The highest BCUT2D eigenvalue weighted by atomic mass is 32.1. The van der Waals surface area contributed by atoms with Gasteiger partial charge in [-0.25, -0.2) is 4.98 Å². The number of aromatic nitrogens is 1. The molecule has 2 nitrogen and oxygen atoms in total. The van der Waals surface area contributed by atoms with Gasteiger partial charge in [-0.1, -0.05) is 13.8 Å². The van der Waals surface area contributed by atoms with Gasteiger partial charge in [0.15, 0.2) is 0 Å². The van der Waals surface area contributed by atoms with Crippen molar-refractivity contribution in [2.45, 2.75) is 44.6 Å². The number of nitrogens with two attached hydrogens (primary N) is 1. The minimum Gasteiger partial charge on any atom is -0.328 e. The van der Waals surface area contributed by atoms with Gasteiger partial charge in [0.05, 0.1) is 10.7 Å². The van der Waals surface area contributed by atoms with Crippen LogP contribution in [-0.4, -0.2) is 11.0 Å². The van der Waals surface area contributed by atoms with E-state index < -0.39 is 0 Å². The summed E-state index contributed by atoms with van der Waals surface area (Å²) in [4.78, 5) is 4.63. The van der Waals surface area contributed by atoms with Crippen LogP contribution in [0.15, 0.2) is 5.38 Å². The van der Waals surface area contributed by atoms with Crippen molar-refractivity contribution in [1.82, 2.24) is 4.98 Å². The molecule has 1 aliphatic carbocycles. The Morgan fingerprint density at radius 3 is 2.69 bits per heavy atom. The summed E-state index contributed by atoms with van der Waals surface area (Å²) in [5, 5.41) is 3.48. The molecular formula is C10H16N2S. The Morgan fingerprint density at radius 1 is 1.54 bits per heavy atom. The first-order valence-corrected chi connectivity index (χ1v) is 5.75. The minimum absolute atomic E-state index is 0.427. The molecule has 1 fully saturated rings. The van der Waals surface area contributed by atoms with Crippen molar-refractivity contribution < 1.29 is 0 Å². The Bertz CT molecular complexity index is 287. The fourth-order valence-electron chi connectivity index (χ4n) is 1.62. The molecule has 0 bridgehead atoms. The number of rotatable bonds is 2. The zero-order valence-electron chi connectivity index (χ0n) is 8.16. The van der Waals surface area contributed by atoms with E-state index in [4.69, 9.17) is 5.73 Å². The molecule has 0 aliphatic heterocycles. The van der Waals surface area contributed by atoms with Gasteiger partial charge >= 0.3 is 0 Å². The first-order valence-electron chi connectivity index (χ1n) is 4.87. The van der Waals surface area contributed by atoms with E-state index in [0.29, 0.717) is 17.9 Å². The van der Waals surface area contributed by atoms with Gasteiger partial charge in [-0.3, -0.25) is 0 Å². The molecule has 0 atom stereocenters. The standard InChI is InChI=1S/C10H16N2S/c1-6(2)9-5-13-10(12-9)7-3-8(11)4-7/h5-8H,3-4,11H2,1-2H3. The first-order chi connectivity index (χ1) is 6.16. The molecule has 72 valence electrons. The maximum atomic E-state index is 5.75. The fourth-order valence-corrected chi connectivity index (χ4v) is 2.73. The van der Waals surface area contributed by atoms with E-state index in [2.05, 4.69) is 24.2 Å². The Kier molecular flexibility index (Phi) is 2.39. The molecule has 1 heterocycles. The average molecular weight is 196 g/mol. The van der Waals surface area contributed by atoms with Gasteiger partial charge in [0.1, 0.15) is 0 Å². The Hall–Kier alpha value is -0.410. The second kappa shape index (κ2) is 3.39. The highest BCUT2D eigenvalue weighted by Gasteiger charge is 2.29. The monoisotopic (exact) mass is 196 g/mol. The molecule has 1 aliphatic rings. The van der Waals surface area contributed by atoms with Gasteiger partial charge in [0.2, 0.25) is 0 Å². The normalized spacial score (nSPS) is 27.7. The van der Waals surface area contributed by atoms with Crippen LogP contribution in [0.25, 0.3) is 0 Å². The van der Waals surface area contributed by atoms with Crippen LogP contribution in [-0.2, 0) is 0 Å². The lowest BCUT2D eigenvalue weighted by atomic mass is 9.81. The molecule has 3 heteroatoms. The van der Waals surface area contributed by atoms with Crippen LogP contribution in [0.2, 0.25) is 0 Å². The summed E-state index contributed by atoms with van der Waals surface area (Å²) in [6.45, 7) is 4.37. The lowest BCUT2D eigenvalue weighted by Gasteiger charge is -2.30. The number of hydrogen-bond donors (Lipinski definition) is 1. The van der Waals surface area contributed by atoms with Crippen LogP contribution in [0, 0.1) is 0 Å². The van der Waals surface area contributed by atoms with Crippen LogP contribution in [0.5, 0.6) is 0 Å². The summed E-state index contributed by atoms with van der Waals surface area (Å²) < 4.78 is 0. The zero-order chi connectivity index (χ0) is 9.42. The number of hydrogen-bond acceptors (Lipinski definition) is 3. The lowest BCUT2D eigenvalue weighted by Crippen LogP contribution is -2.34. The van der Waals surface area contributed by atoms with E-state index in [1.165, 1.54) is 10.7 Å². The van der Waals surface area contributed by atoms with E-state index in [-0.39, 0.29) is 0 Å². The Balaban J connectivity index is 2.06. The van der Waals surface area contributed by atoms with E-state index >= 15 is 0 Å². The van der Waals surface area contributed by atoms with Crippen molar-refractivity contribution >= 4 is 11.3 Å². The SMILES string of the molecule is CC(C)c1csc(C2CC(N)C2)n1. The first kappa shape index (κ1) is 9.16. The maximum Gasteiger partial charge on any atom is 0.0960 e. The summed E-state index contributed by atoms with van der Waals surface area (Å²) in [6.07, 6.45) is 2.26. The molecule has 0 unspecified atom stereocenters. The smallest absolute Gasteiger partial charge is 0.0960 e. The van der Waals surface area contributed by atoms with Crippen LogP contribution in [0.4, 0.5) is 0 Å². The molecule has 1 aromatic heterocycles. The van der Waals surface area contributed by atoms with Crippen LogP contribution in [0.1, 0.15) is 49.2 Å². The molecule has 0 saturated heterocycles. The molecule has 0 aromatic carbocycles. The molecule has 13 heavy (non-hydrogen) atoms. The second-order valence-corrected chi connectivity index (χ2v) is 5.08. The van der Waals surface area contributed by atoms with E-state index in [1.54, 1.807) is 11.3 Å². The third-order valence-electron chi connectivity index (χ3n) is 2.66. The minimum atomic E-state index is 0.427. The van der Waals surface area contributed by atoms with Crippen molar-refractivity contribution in [2.24, 2.45) is 5.73 Å². The van der Waals surface area contributed by atoms with Crippen molar-refractivity contribution in [3.63, 3.8) is 0 Å². The Labute approximate surface area is 83.2 Å². The van der Waals surface area contributed by atoms with E-state index in [9.17, 15) is 0 Å². The molecule has 1 saturated carbocycles. The van der Waals surface area contributed by atoms with Gasteiger partial charge in [-0.2, -0.15) is 0 Å². The topological polar surface area (TPSA) is 38.9 Å². The average Bonchev–Trinajstić information content (AvgIpc) is 2.46. The molecule has 0 amide bonds. The van der Waals surface area contributed by atoms with Crippen molar-refractivity contribution in [3.8, 4) is 0 Å². The van der Waals surface area contributed by atoms with Gasteiger partial charge in [-0.15, -0.1) is 11.3 Å². The molecule has 0 spiro atoms. The predicted octanol–water partition coefficient (Wildman–Crippen LogP) is 2.47. The Morgan fingerprint density at radius 2 is 2.23 bits per heavy atom. The molecule has 0 radical (unpaired) electrons. The van der Waals surface area contributed by atoms with Crippen LogP contribution >= 0.6 is 11.3 Å². The van der Waals surface area contributed by atoms with Crippen LogP contribution in [0.3, 0.4) is 0 Å². The summed E-state index contributed by atoms with van der Waals surface area (Å²) >= 11 is 1.80. The third-order valence-corrected chi connectivity index (χ3v) is 3.68. The predicted molar refractivity (Wildman–Crippen MR) is 56.2 cm³/mol. The summed E-state index contributed by atoms with van der Waals surface area (Å²) in [6, 6.07) is 0.427. The highest BCUT2D eigenvalue weighted by Crippen LogP contribution is 2.37. The van der Waals surface area contributed by atoms with Crippen LogP contribution < -0.4 is 5.73 Å². The maximum absolute atomic E-state index is 5.75. The third kappa shape index (κ3) is 1.76.